The molecule has 126 valence electrons. The minimum Gasteiger partial charge on any atom is -0.462 e. The molecule has 0 aliphatic carbocycles. The first kappa shape index (κ1) is 17.8. The summed E-state index contributed by atoms with van der Waals surface area (Å²) in [5, 5.41) is 0. The van der Waals surface area contributed by atoms with E-state index in [1.807, 2.05) is 42.5 Å². The second-order valence-corrected chi connectivity index (χ2v) is 5.79. The maximum absolute atomic E-state index is 11.2. The maximum Gasteiger partial charge on any atom is 0.333 e. The second-order valence-electron chi connectivity index (χ2n) is 5.79. The highest BCUT2D eigenvalue weighted by Gasteiger charge is 2.02. The number of hydrogen-bond acceptors (Lipinski definition) is 3. The van der Waals surface area contributed by atoms with Crippen LogP contribution in [0.1, 0.15) is 31.7 Å². The number of hydrogen-bond donors (Lipinski definition) is 0. The molecule has 3 nitrogen and oxygen atoms in total. The molecule has 0 saturated heterocycles. The summed E-state index contributed by atoms with van der Waals surface area (Å²) in [4.78, 5) is 11.2. The van der Waals surface area contributed by atoms with Crippen molar-refractivity contribution in [2.75, 3.05) is 6.61 Å². The van der Waals surface area contributed by atoms with Gasteiger partial charge in [0.15, 0.2) is 0 Å². The average molecular weight is 324 g/mol. The number of para-hydroxylation sites is 1. The Labute approximate surface area is 143 Å². The van der Waals surface area contributed by atoms with Crippen molar-refractivity contribution in [1.29, 1.82) is 0 Å². The van der Waals surface area contributed by atoms with E-state index in [1.54, 1.807) is 6.92 Å². The van der Waals surface area contributed by atoms with Gasteiger partial charge in [0.1, 0.15) is 11.5 Å². The predicted octanol–water partition coefficient (Wildman–Crippen LogP) is 5.31. The van der Waals surface area contributed by atoms with Crippen LogP contribution in [0.15, 0.2) is 66.7 Å². The summed E-state index contributed by atoms with van der Waals surface area (Å²) in [6.07, 6.45) is 4.00. The van der Waals surface area contributed by atoms with Crippen molar-refractivity contribution < 1.29 is 14.3 Å². The van der Waals surface area contributed by atoms with E-state index in [2.05, 4.69) is 18.7 Å². The Hall–Kier alpha value is -2.55. The molecule has 0 fully saturated rings. The molecule has 0 heterocycles. The molecule has 3 heteroatoms. The van der Waals surface area contributed by atoms with Crippen LogP contribution in [-0.2, 0) is 16.0 Å². The van der Waals surface area contributed by atoms with E-state index in [1.165, 1.54) is 5.56 Å². The minimum absolute atomic E-state index is 0.302. The number of carbonyl (C=O) groups excluding carboxylic acids is 1. The number of ether oxygens (including phenoxy) is 2. The Morgan fingerprint density at radius 3 is 2.25 bits per heavy atom. The van der Waals surface area contributed by atoms with E-state index in [0.717, 1.165) is 37.2 Å². The molecule has 0 saturated carbocycles. The molecule has 0 aliphatic rings. The molecule has 0 radical (unpaired) electrons. The average Bonchev–Trinajstić information content (AvgIpc) is 2.60. The second kappa shape index (κ2) is 9.56. The first-order valence-electron chi connectivity index (χ1n) is 8.29. The van der Waals surface area contributed by atoms with Crippen LogP contribution in [0, 0.1) is 0 Å². The van der Waals surface area contributed by atoms with E-state index >= 15 is 0 Å². The monoisotopic (exact) mass is 324 g/mol. The van der Waals surface area contributed by atoms with Gasteiger partial charge in [-0.25, -0.2) is 4.79 Å². The number of rotatable bonds is 9. The summed E-state index contributed by atoms with van der Waals surface area (Å²) in [5.74, 6) is 1.38. The molecular weight excluding hydrogens is 300 g/mol. The molecule has 24 heavy (non-hydrogen) atoms. The summed E-state index contributed by atoms with van der Waals surface area (Å²) >= 11 is 0. The van der Waals surface area contributed by atoms with Gasteiger partial charge in [0.2, 0.25) is 0 Å². The Morgan fingerprint density at radius 2 is 1.58 bits per heavy atom. The van der Waals surface area contributed by atoms with Crippen molar-refractivity contribution in [3.63, 3.8) is 0 Å². The highest BCUT2D eigenvalue weighted by atomic mass is 16.5. The van der Waals surface area contributed by atoms with Crippen molar-refractivity contribution in [2.24, 2.45) is 0 Å². The van der Waals surface area contributed by atoms with Gasteiger partial charge in [-0.15, -0.1) is 0 Å². The standard InChI is InChI=1S/C21H24O3/c1-17(2)21(22)23-16-8-4-5-9-18-12-14-20(15-13-18)24-19-10-6-3-7-11-19/h3,6-7,10-15H,1,4-5,8-9,16H2,2H3. The molecule has 0 aromatic heterocycles. The Morgan fingerprint density at radius 1 is 0.917 bits per heavy atom. The van der Waals surface area contributed by atoms with Crippen LogP contribution in [-0.4, -0.2) is 12.6 Å². The van der Waals surface area contributed by atoms with Gasteiger partial charge in [0, 0.05) is 5.57 Å². The van der Waals surface area contributed by atoms with Crippen LogP contribution in [0.5, 0.6) is 11.5 Å². The molecule has 0 atom stereocenters. The van der Waals surface area contributed by atoms with E-state index in [9.17, 15) is 4.79 Å². The van der Waals surface area contributed by atoms with Crippen LogP contribution in [0.2, 0.25) is 0 Å². The third-order valence-corrected chi connectivity index (χ3v) is 3.59. The molecule has 0 bridgehead atoms. The van der Waals surface area contributed by atoms with Gasteiger partial charge < -0.3 is 9.47 Å². The zero-order chi connectivity index (χ0) is 17.2. The third-order valence-electron chi connectivity index (χ3n) is 3.59. The van der Waals surface area contributed by atoms with Crippen molar-refractivity contribution in [3.8, 4) is 11.5 Å². The van der Waals surface area contributed by atoms with Crippen molar-refractivity contribution >= 4 is 5.97 Å². The van der Waals surface area contributed by atoms with Gasteiger partial charge in [0.25, 0.3) is 0 Å². The number of benzene rings is 2. The highest BCUT2D eigenvalue weighted by molar-refractivity contribution is 5.86. The lowest BCUT2D eigenvalue weighted by molar-refractivity contribution is -0.139. The number of carbonyl (C=O) groups is 1. The fourth-order valence-corrected chi connectivity index (χ4v) is 2.24. The molecule has 0 spiro atoms. The van der Waals surface area contributed by atoms with Crippen LogP contribution in [0.25, 0.3) is 0 Å². The normalized spacial score (nSPS) is 10.2. The number of esters is 1. The van der Waals surface area contributed by atoms with Gasteiger partial charge >= 0.3 is 5.97 Å². The molecule has 0 aliphatic heterocycles. The molecule has 0 amide bonds. The molecule has 2 rings (SSSR count). The first-order chi connectivity index (χ1) is 11.6. The third kappa shape index (κ3) is 6.29. The lowest BCUT2D eigenvalue weighted by Gasteiger charge is -2.07. The van der Waals surface area contributed by atoms with E-state index in [-0.39, 0.29) is 5.97 Å². The summed E-state index contributed by atoms with van der Waals surface area (Å²) in [6, 6.07) is 17.9. The maximum atomic E-state index is 11.2. The summed E-state index contributed by atoms with van der Waals surface area (Å²) in [5.41, 5.74) is 1.74. The predicted molar refractivity (Wildman–Crippen MR) is 96.3 cm³/mol. The van der Waals surface area contributed by atoms with Crippen molar-refractivity contribution in [1.82, 2.24) is 0 Å². The van der Waals surface area contributed by atoms with Crippen LogP contribution in [0.3, 0.4) is 0 Å². The van der Waals surface area contributed by atoms with E-state index in [0.29, 0.717) is 12.2 Å². The first-order valence-corrected chi connectivity index (χ1v) is 8.29. The van der Waals surface area contributed by atoms with E-state index < -0.39 is 0 Å². The highest BCUT2D eigenvalue weighted by Crippen LogP contribution is 2.21. The largest absolute Gasteiger partial charge is 0.462 e. The van der Waals surface area contributed by atoms with Gasteiger partial charge in [0.05, 0.1) is 6.61 Å². The summed E-state index contributed by atoms with van der Waals surface area (Å²) in [7, 11) is 0. The zero-order valence-electron chi connectivity index (χ0n) is 14.2. The number of unbranched alkanes of at least 4 members (excludes halogenated alkanes) is 2. The van der Waals surface area contributed by atoms with Crippen molar-refractivity contribution in [2.45, 2.75) is 32.6 Å². The van der Waals surface area contributed by atoms with Crippen LogP contribution >= 0.6 is 0 Å². The topological polar surface area (TPSA) is 35.5 Å². The van der Waals surface area contributed by atoms with E-state index in [4.69, 9.17) is 9.47 Å². The molecule has 0 N–H and O–H groups in total. The minimum atomic E-state index is -0.302. The quantitative estimate of drug-likeness (QED) is 0.356. The van der Waals surface area contributed by atoms with Gasteiger partial charge in [-0.3, -0.25) is 0 Å². The SMILES string of the molecule is C=C(C)C(=O)OCCCCCc1ccc(Oc2ccccc2)cc1. The molecule has 0 unspecified atom stereocenters. The van der Waals surface area contributed by atoms with Gasteiger partial charge in [-0.1, -0.05) is 36.9 Å². The molecular formula is C21H24O3. The van der Waals surface area contributed by atoms with Gasteiger partial charge in [-0.2, -0.15) is 0 Å². The zero-order valence-corrected chi connectivity index (χ0v) is 14.2. The Kier molecular flexibility index (Phi) is 7.09. The fraction of sp³-hybridized carbons (Fsp3) is 0.286. The summed E-state index contributed by atoms with van der Waals surface area (Å²) in [6.45, 7) is 5.69. The molecule has 2 aromatic rings. The fourth-order valence-electron chi connectivity index (χ4n) is 2.24. The Bertz CT molecular complexity index is 645. The van der Waals surface area contributed by atoms with Crippen LogP contribution in [0.4, 0.5) is 0 Å². The smallest absolute Gasteiger partial charge is 0.333 e. The van der Waals surface area contributed by atoms with Crippen LogP contribution < -0.4 is 4.74 Å². The Balaban J connectivity index is 1.65. The lowest BCUT2D eigenvalue weighted by atomic mass is 10.1. The summed E-state index contributed by atoms with van der Waals surface area (Å²) < 4.78 is 10.9. The van der Waals surface area contributed by atoms with Crippen molar-refractivity contribution in [3.05, 3.63) is 72.3 Å². The molecule has 2 aromatic carbocycles. The number of aryl methyl sites for hydroxylation is 1. The lowest BCUT2D eigenvalue weighted by Crippen LogP contribution is -2.06. The van der Waals surface area contributed by atoms with Gasteiger partial charge in [-0.05, 0) is 62.4 Å².